The van der Waals surface area contributed by atoms with Crippen LogP contribution in [0.4, 0.5) is 11.6 Å². The predicted octanol–water partition coefficient (Wildman–Crippen LogP) is -0.794. The lowest BCUT2D eigenvalue weighted by Gasteiger charge is -1.90. The van der Waals surface area contributed by atoms with E-state index in [1.807, 2.05) is 0 Å². The molecule has 1 heterocycles. The highest BCUT2D eigenvalue weighted by molar-refractivity contribution is 5.81. The lowest BCUT2D eigenvalue weighted by molar-refractivity contribution is -0.106. The van der Waals surface area contributed by atoms with E-state index in [4.69, 9.17) is 0 Å². The van der Waals surface area contributed by atoms with Gasteiger partial charge in [-0.25, -0.2) is 4.63 Å². The first-order valence-electron chi connectivity index (χ1n) is 2.61. The van der Waals surface area contributed by atoms with Gasteiger partial charge in [-0.2, -0.15) is 0 Å². The molecule has 0 unspecified atom stereocenters. The maximum atomic E-state index is 9.89. The number of anilines is 2. The van der Waals surface area contributed by atoms with Crippen molar-refractivity contribution in [2.24, 2.45) is 0 Å². The fourth-order valence-corrected chi connectivity index (χ4v) is 0.490. The van der Waals surface area contributed by atoms with Gasteiger partial charge in [0, 0.05) is 0 Å². The van der Waals surface area contributed by atoms with Gasteiger partial charge in [-0.3, -0.25) is 9.59 Å². The van der Waals surface area contributed by atoms with Crippen molar-refractivity contribution in [1.29, 1.82) is 0 Å². The SMILES string of the molecule is O=CNc1nonc1NC=O. The summed E-state index contributed by atoms with van der Waals surface area (Å²) in [5, 5.41) is 10.9. The Morgan fingerprint density at radius 1 is 1.09 bits per heavy atom. The molecule has 0 aliphatic heterocycles. The van der Waals surface area contributed by atoms with Gasteiger partial charge < -0.3 is 10.6 Å². The Hall–Kier alpha value is -1.92. The topological polar surface area (TPSA) is 97.1 Å². The summed E-state index contributed by atoms with van der Waals surface area (Å²) in [6, 6.07) is 0. The maximum Gasteiger partial charge on any atom is 0.222 e. The van der Waals surface area contributed by atoms with Crippen molar-refractivity contribution in [2.45, 2.75) is 0 Å². The molecule has 7 heteroatoms. The van der Waals surface area contributed by atoms with Crippen LogP contribution in [0.15, 0.2) is 4.63 Å². The van der Waals surface area contributed by atoms with Crippen LogP contribution in [0.2, 0.25) is 0 Å². The molecule has 11 heavy (non-hydrogen) atoms. The van der Waals surface area contributed by atoms with Crippen molar-refractivity contribution in [3.05, 3.63) is 0 Å². The van der Waals surface area contributed by atoms with E-state index in [1.54, 1.807) is 0 Å². The maximum absolute atomic E-state index is 9.89. The molecule has 2 amide bonds. The van der Waals surface area contributed by atoms with E-state index in [-0.39, 0.29) is 11.6 Å². The minimum atomic E-state index is 0.0760. The zero-order valence-corrected chi connectivity index (χ0v) is 5.27. The summed E-state index contributed by atoms with van der Waals surface area (Å²) in [4.78, 5) is 19.8. The second-order valence-corrected chi connectivity index (χ2v) is 1.49. The number of hydrogen-bond donors (Lipinski definition) is 2. The van der Waals surface area contributed by atoms with E-state index < -0.39 is 0 Å². The second kappa shape index (κ2) is 3.30. The van der Waals surface area contributed by atoms with Crippen LogP contribution in [0.1, 0.15) is 0 Å². The van der Waals surface area contributed by atoms with Gasteiger partial charge >= 0.3 is 0 Å². The summed E-state index contributed by atoms with van der Waals surface area (Å²) in [5.74, 6) is 0.152. The van der Waals surface area contributed by atoms with Crippen molar-refractivity contribution < 1.29 is 14.2 Å². The Labute approximate surface area is 60.7 Å². The number of nitrogens with one attached hydrogen (secondary N) is 2. The average Bonchev–Trinajstić information content (AvgIpc) is 2.39. The largest absolute Gasteiger partial charge is 0.307 e. The van der Waals surface area contributed by atoms with Crippen LogP contribution in [-0.4, -0.2) is 23.1 Å². The van der Waals surface area contributed by atoms with Gasteiger partial charge in [-0.05, 0) is 10.3 Å². The summed E-state index contributed by atoms with van der Waals surface area (Å²) in [6.07, 6.45) is 0.797. The molecule has 0 spiro atoms. The smallest absolute Gasteiger partial charge is 0.222 e. The Kier molecular flexibility index (Phi) is 2.16. The standard InChI is InChI=1S/C4H4N4O3/c9-1-5-3-4(6-2-10)8-11-7-3/h1-2H,(H,5,7,9)(H,6,8,10). The molecule has 0 bridgehead atoms. The van der Waals surface area contributed by atoms with Gasteiger partial charge in [0.1, 0.15) is 0 Å². The lowest BCUT2D eigenvalue weighted by atomic mass is 10.6. The first kappa shape index (κ1) is 7.19. The molecule has 0 saturated carbocycles. The van der Waals surface area contributed by atoms with E-state index in [0.29, 0.717) is 12.8 Å². The number of nitrogens with zero attached hydrogens (tertiary/aromatic N) is 2. The van der Waals surface area contributed by atoms with Crippen LogP contribution in [0.5, 0.6) is 0 Å². The van der Waals surface area contributed by atoms with Crippen LogP contribution in [0.25, 0.3) is 0 Å². The Morgan fingerprint density at radius 2 is 1.55 bits per heavy atom. The van der Waals surface area contributed by atoms with Crippen LogP contribution in [-0.2, 0) is 9.59 Å². The van der Waals surface area contributed by atoms with Crippen LogP contribution in [0, 0.1) is 0 Å². The summed E-state index contributed by atoms with van der Waals surface area (Å²) >= 11 is 0. The molecule has 0 atom stereocenters. The molecule has 0 saturated heterocycles. The highest BCUT2D eigenvalue weighted by atomic mass is 16.6. The first-order chi connectivity index (χ1) is 5.38. The molecule has 0 fully saturated rings. The quantitative estimate of drug-likeness (QED) is 0.556. The van der Waals surface area contributed by atoms with Gasteiger partial charge in [0.05, 0.1) is 0 Å². The van der Waals surface area contributed by atoms with E-state index in [1.165, 1.54) is 0 Å². The van der Waals surface area contributed by atoms with Crippen LogP contribution in [0.3, 0.4) is 0 Å². The Balaban J connectivity index is 2.76. The van der Waals surface area contributed by atoms with Gasteiger partial charge in [0.15, 0.2) is 0 Å². The minimum absolute atomic E-state index is 0.0760. The molecule has 1 rings (SSSR count). The third-order valence-electron chi connectivity index (χ3n) is 0.880. The van der Waals surface area contributed by atoms with Crippen LogP contribution < -0.4 is 10.6 Å². The van der Waals surface area contributed by atoms with Gasteiger partial charge in [0.25, 0.3) is 0 Å². The molecule has 0 aliphatic rings. The molecule has 2 N–H and O–H groups in total. The average molecular weight is 156 g/mol. The Morgan fingerprint density at radius 3 is 1.91 bits per heavy atom. The van der Waals surface area contributed by atoms with Gasteiger partial charge in [-0.15, -0.1) is 0 Å². The summed E-state index contributed by atoms with van der Waals surface area (Å²) < 4.78 is 4.21. The van der Waals surface area contributed by atoms with Crippen LogP contribution >= 0.6 is 0 Å². The fourth-order valence-electron chi connectivity index (χ4n) is 0.490. The van der Waals surface area contributed by atoms with Crippen molar-refractivity contribution >= 4 is 24.5 Å². The summed E-state index contributed by atoms with van der Waals surface area (Å²) in [7, 11) is 0. The second-order valence-electron chi connectivity index (χ2n) is 1.49. The zero-order valence-electron chi connectivity index (χ0n) is 5.27. The zero-order chi connectivity index (χ0) is 8.10. The van der Waals surface area contributed by atoms with E-state index in [9.17, 15) is 9.59 Å². The lowest BCUT2D eigenvalue weighted by Crippen LogP contribution is -2.00. The molecule has 0 radical (unpaired) electrons. The molecule has 0 aliphatic carbocycles. The normalized spacial score (nSPS) is 8.73. The number of carbonyl (C=O) groups is 2. The number of amides is 2. The molecule has 1 aromatic heterocycles. The van der Waals surface area contributed by atoms with Crippen molar-refractivity contribution in [3.8, 4) is 0 Å². The molecular weight excluding hydrogens is 152 g/mol. The fraction of sp³-hybridized carbons (Fsp3) is 0. The Bertz CT molecular complexity index is 233. The van der Waals surface area contributed by atoms with E-state index in [2.05, 4.69) is 25.6 Å². The summed E-state index contributed by atoms with van der Waals surface area (Å²) in [5.41, 5.74) is 0. The predicted molar refractivity (Wildman–Crippen MR) is 33.7 cm³/mol. The van der Waals surface area contributed by atoms with Crippen molar-refractivity contribution in [2.75, 3.05) is 10.6 Å². The number of hydrogen-bond acceptors (Lipinski definition) is 5. The molecule has 1 aromatic rings. The molecular formula is C4H4N4O3. The summed E-state index contributed by atoms with van der Waals surface area (Å²) in [6.45, 7) is 0. The number of rotatable bonds is 4. The van der Waals surface area contributed by atoms with Gasteiger partial charge in [-0.1, -0.05) is 0 Å². The minimum Gasteiger partial charge on any atom is -0.307 e. The van der Waals surface area contributed by atoms with Gasteiger partial charge in [0.2, 0.25) is 24.5 Å². The van der Waals surface area contributed by atoms with E-state index in [0.717, 1.165) is 0 Å². The monoisotopic (exact) mass is 156 g/mol. The molecule has 0 aromatic carbocycles. The molecule has 58 valence electrons. The third-order valence-corrected chi connectivity index (χ3v) is 0.880. The van der Waals surface area contributed by atoms with Crippen molar-refractivity contribution in [1.82, 2.24) is 10.3 Å². The first-order valence-corrected chi connectivity index (χ1v) is 2.61. The highest BCUT2D eigenvalue weighted by Gasteiger charge is 2.06. The number of aromatic nitrogens is 2. The van der Waals surface area contributed by atoms with E-state index >= 15 is 0 Å². The highest BCUT2D eigenvalue weighted by Crippen LogP contribution is 2.12. The third kappa shape index (κ3) is 1.51. The molecule has 7 nitrogen and oxygen atoms in total. The number of carbonyl (C=O) groups excluding carboxylic acids is 2. The van der Waals surface area contributed by atoms with Crippen molar-refractivity contribution in [3.63, 3.8) is 0 Å².